The Bertz CT molecular complexity index is 886. The summed E-state index contributed by atoms with van der Waals surface area (Å²) in [5.41, 5.74) is 1.37. The molecule has 0 saturated heterocycles. The monoisotopic (exact) mass is 387 g/mol. The van der Waals surface area contributed by atoms with E-state index in [2.05, 4.69) is 10.6 Å². The zero-order chi connectivity index (χ0) is 20.1. The number of nitrogens with zero attached hydrogens (tertiary/aromatic N) is 1. The van der Waals surface area contributed by atoms with E-state index in [0.29, 0.717) is 30.3 Å². The number of carbonyl (C=O) groups is 1. The summed E-state index contributed by atoms with van der Waals surface area (Å²) >= 11 is 0. The van der Waals surface area contributed by atoms with Crippen LogP contribution in [0, 0.1) is 10.1 Å². The summed E-state index contributed by atoms with van der Waals surface area (Å²) in [6.07, 6.45) is 0. The third kappa shape index (κ3) is 4.32. The number of hydrogen-bond donors (Lipinski definition) is 2. The number of carbonyl (C=O) groups excluding carboxylic acids is 1. The number of hydrogen-bond acceptors (Lipinski definition) is 7. The van der Waals surface area contributed by atoms with E-state index in [0.717, 1.165) is 5.56 Å². The van der Waals surface area contributed by atoms with Gasteiger partial charge in [0, 0.05) is 31.5 Å². The third-order valence-electron chi connectivity index (χ3n) is 4.32. The van der Waals surface area contributed by atoms with Crippen molar-refractivity contribution < 1.29 is 23.9 Å². The molecule has 1 atom stereocenters. The Hall–Kier alpha value is -3.33. The Labute approximate surface area is 161 Å². The van der Waals surface area contributed by atoms with Gasteiger partial charge in [-0.25, -0.2) is 0 Å². The summed E-state index contributed by atoms with van der Waals surface area (Å²) in [4.78, 5) is 23.4. The van der Waals surface area contributed by atoms with E-state index in [1.54, 1.807) is 19.2 Å². The topological polar surface area (TPSA) is 112 Å². The van der Waals surface area contributed by atoms with Crippen molar-refractivity contribution >= 4 is 17.3 Å². The number of benzene rings is 2. The van der Waals surface area contributed by atoms with Crippen LogP contribution in [0.3, 0.4) is 0 Å². The van der Waals surface area contributed by atoms with Crippen molar-refractivity contribution in [3.63, 3.8) is 0 Å². The number of nitro groups is 1. The minimum absolute atomic E-state index is 0.154. The lowest BCUT2D eigenvalue weighted by Gasteiger charge is -2.17. The van der Waals surface area contributed by atoms with Crippen LogP contribution in [-0.2, 0) is 4.74 Å². The first kappa shape index (κ1) is 19.4. The first-order chi connectivity index (χ1) is 13.5. The molecule has 0 aliphatic carbocycles. The second-order valence-corrected chi connectivity index (χ2v) is 6.21. The highest BCUT2D eigenvalue weighted by Gasteiger charge is 2.20. The first-order valence-electron chi connectivity index (χ1n) is 8.71. The summed E-state index contributed by atoms with van der Waals surface area (Å²) in [5.74, 6) is 0.857. The summed E-state index contributed by atoms with van der Waals surface area (Å²) in [5, 5.41) is 17.0. The van der Waals surface area contributed by atoms with Crippen LogP contribution in [0.2, 0.25) is 0 Å². The van der Waals surface area contributed by atoms with Crippen molar-refractivity contribution in [3.05, 3.63) is 57.6 Å². The van der Waals surface area contributed by atoms with E-state index in [9.17, 15) is 14.9 Å². The van der Waals surface area contributed by atoms with Crippen LogP contribution in [0.1, 0.15) is 28.9 Å². The van der Waals surface area contributed by atoms with Crippen LogP contribution in [0.4, 0.5) is 11.4 Å². The Morgan fingerprint density at radius 1 is 1.25 bits per heavy atom. The molecule has 148 valence electrons. The minimum Gasteiger partial charge on any atom is -0.454 e. The fraction of sp³-hybridized carbons (Fsp3) is 0.316. The van der Waals surface area contributed by atoms with Gasteiger partial charge in [0.05, 0.1) is 23.1 Å². The van der Waals surface area contributed by atoms with E-state index in [1.807, 2.05) is 13.0 Å². The zero-order valence-electron chi connectivity index (χ0n) is 15.6. The quantitative estimate of drug-likeness (QED) is 0.407. The molecule has 0 aromatic heterocycles. The molecule has 0 unspecified atom stereocenters. The minimum atomic E-state index is -0.531. The predicted molar refractivity (Wildman–Crippen MR) is 102 cm³/mol. The lowest BCUT2D eigenvalue weighted by Crippen LogP contribution is -2.27. The van der Waals surface area contributed by atoms with Crippen LogP contribution in [0.15, 0.2) is 36.4 Å². The number of rotatable bonds is 8. The lowest BCUT2D eigenvalue weighted by molar-refractivity contribution is -0.384. The Kier molecular flexibility index (Phi) is 5.95. The average Bonchev–Trinajstić information content (AvgIpc) is 3.15. The molecule has 9 heteroatoms. The second kappa shape index (κ2) is 8.57. The molecule has 0 fully saturated rings. The van der Waals surface area contributed by atoms with Crippen molar-refractivity contribution in [1.29, 1.82) is 0 Å². The van der Waals surface area contributed by atoms with E-state index in [1.165, 1.54) is 18.2 Å². The van der Waals surface area contributed by atoms with Crippen LogP contribution in [-0.4, -0.2) is 37.9 Å². The number of non-ortho nitro benzene ring substituents is 1. The Balaban J connectivity index is 1.79. The van der Waals surface area contributed by atoms with Gasteiger partial charge in [-0.2, -0.15) is 0 Å². The second-order valence-electron chi connectivity index (χ2n) is 6.21. The molecule has 1 heterocycles. The summed E-state index contributed by atoms with van der Waals surface area (Å²) < 4.78 is 15.6. The van der Waals surface area contributed by atoms with Gasteiger partial charge < -0.3 is 24.8 Å². The molecule has 0 saturated carbocycles. The molecule has 0 bridgehead atoms. The first-order valence-corrected chi connectivity index (χ1v) is 8.71. The van der Waals surface area contributed by atoms with Crippen molar-refractivity contribution in [3.8, 4) is 11.5 Å². The molecule has 2 aromatic rings. The molecule has 3 rings (SSSR count). The SMILES string of the molecule is COCCNc1ccc([N+](=O)[O-])cc1C(=O)N[C@@H](C)c1ccc2c(c1)OCO2. The summed E-state index contributed by atoms with van der Waals surface area (Å²) in [7, 11) is 1.57. The number of amides is 1. The van der Waals surface area contributed by atoms with Gasteiger partial charge in [0.15, 0.2) is 11.5 Å². The highest BCUT2D eigenvalue weighted by Crippen LogP contribution is 2.34. The lowest BCUT2D eigenvalue weighted by atomic mass is 10.1. The van der Waals surface area contributed by atoms with E-state index < -0.39 is 10.8 Å². The highest BCUT2D eigenvalue weighted by molar-refractivity contribution is 6.00. The van der Waals surface area contributed by atoms with Gasteiger partial charge >= 0.3 is 0 Å². The van der Waals surface area contributed by atoms with E-state index >= 15 is 0 Å². The molecule has 2 aromatic carbocycles. The molecule has 2 N–H and O–H groups in total. The van der Waals surface area contributed by atoms with Crippen LogP contribution in [0.25, 0.3) is 0 Å². The fourth-order valence-electron chi connectivity index (χ4n) is 2.82. The standard InChI is InChI=1S/C19H21N3O6/c1-12(13-3-6-17-18(9-13)28-11-27-17)21-19(23)15-10-14(22(24)25)4-5-16(15)20-7-8-26-2/h3-6,9-10,12,20H,7-8,11H2,1-2H3,(H,21,23)/t12-/m0/s1. The number of nitro benzene ring substituents is 1. The largest absolute Gasteiger partial charge is 0.454 e. The Morgan fingerprint density at radius 2 is 2.04 bits per heavy atom. The van der Waals surface area contributed by atoms with Crippen molar-refractivity contribution in [2.45, 2.75) is 13.0 Å². The fourth-order valence-corrected chi connectivity index (χ4v) is 2.82. The zero-order valence-corrected chi connectivity index (χ0v) is 15.6. The van der Waals surface area contributed by atoms with Gasteiger partial charge in [0.1, 0.15) is 0 Å². The smallest absolute Gasteiger partial charge is 0.270 e. The average molecular weight is 387 g/mol. The van der Waals surface area contributed by atoms with Gasteiger partial charge in [-0.15, -0.1) is 0 Å². The van der Waals surface area contributed by atoms with Crippen molar-refractivity contribution in [2.75, 3.05) is 32.4 Å². The molecule has 9 nitrogen and oxygen atoms in total. The molecule has 1 aliphatic heterocycles. The molecule has 0 radical (unpaired) electrons. The summed E-state index contributed by atoms with van der Waals surface area (Å²) in [6.45, 7) is 2.90. The maximum atomic E-state index is 12.8. The van der Waals surface area contributed by atoms with Crippen LogP contribution in [0.5, 0.6) is 11.5 Å². The molecule has 28 heavy (non-hydrogen) atoms. The predicted octanol–water partition coefficient (Wildman–Crippen LogP) is 2.87. The molecular weight excluding hydrogens is 366 g/mol. The van der Waals surface area contributed by atoms with Gasteiger partial charge in [-0.05, 0) is 30.7 Å². The number of nitrogens with one attached hydrogen (secondary N) is 2. The third-order valence-corrected chi connectivity index (χ3v) is 4.32. The number of ether oxygens (including phenoxy) is 3. The molecule has 0 spiro atoms. The number of methoxy groups -OCH3 is 1. The maximum absolute atomic E-state index is 12.8. The van der Waals surface area contributed by atoms with Crippen molar-refractivity contribution in [2.24, 2.45) is 0 Å². The van der Waals surface area contributed by atoms with Crippen molar-refractivity contribution in [1.82, 2.24) is 5.32 Å². The normalized spacial score (nSPS) is 13.1. The Morgan fingerprint density at radius 3 is 2.79 bits per heavy atom. The van der Waals surface area contributed by atoms with Gasteiger partial charge in [0.2, 0.25) is 6.79 Å². The van der Waals surface area contributed by atoms with E-state index in [4.69, 9.17) is 14.2 Å². The van der Waals surface area contributed by atoms with Gasteiger partial charge in [-0.1, -0.05) is 6.07 Å². The maximum Gasteiger partial charge on any atom is 0.270 e. The number of anilines is 1. The number of fused-ring (bicyclic) bond motifs is 1. The van der Waals surface area contributed by atoms with Gasteiger partial charge in [0.25, 0.3) is 11.6 Å². The van der Waals surface area contributed by atoms with Crippen LogP contribution < -0.4 is 20.1 Å². The molecule has 1 amide bonds. The highest BCUT2D eigenvalue weighted by atomic mass is 16.7. The molecule has 1 aliphatic rings. The summed E-state index contributed by atoms with van der Waals surface area (Å²) in [6, 6.07) is 9.22. The van der Waals surface area contributed by atoms with E-state index in [-0.39, 0.29) is 24.1 Å². The van der Waals surface area contributed by atoms with Crippen LogP contribution >= 0.6 is 0 Å². The molecular formula is C19H21N3O6. The van der Waals surface area contributed by atoms with Gasteiger partial charge in [-0.3, -0.25) is 14.9 Å².